The van der Waals surface area contributed by atoms with Crippen LogP contribution in [0.1, 0.15) is 44.7 Å². The first-order chi connectivity index (χ1) is 14.3. The van der Waals surface area contributed by atoms with E-state index in [9.17, 15) is 14.0 Å². The number of hydrogen-bond acceptors (Lipinski definition) is 3. The summed E-state index contributed by atoms with van der Waals surface area (Å²) in [5, 5.41) is 2.92. The van der Waals surface area contributed by atoms with Crippen LogP contribution in [0.3, 0.4) is 0 Å². The van der Waals surface area contributed by atoms with E-state index in [0.29, 0.717) is 11.3 Å². The molecular formula is C24H31FN2O2S. The van der Waals surface area contributed by atoms with Crippen LogP contribution < -0.4 is 5.32 Å². The topological polar surface area (TPSA) is 49.4 Å². The Morgan fingerprint density at radius 1 is 1.10 bits per heavy atom. The molecule has 0 saturated heterocycles. The quantitative estimate of drug-likeness (QED) is 0.543. The summed E-state index contributed by atoms with van der Waals surface area (Å²) in [6, 6.07) is 13.8. The van der Waals surface area contributed by atoms with Gasteiger partial charge in [-0.2, -0.15) is 0 Å². The molecule has 30 heavy (non-hydrogen) atoms. The first-order valence-electron chi connectivity index (χ1n) is 10.3. The van der Waals surface area contributed by atoms with Crippen LogP contribution >= 0.6 is 11.8 Å². The Hall–Kier alpha value is -2.34. The Morgan fingerprint density at radius 3 is 2.40 bits per heavy atom. The standard InChI is InChI=1S/C24H31FN2O2S/c1-5-18(3)26-24(29)19(4)27(16-20-8-6-7-9-22(20)25)23(28)14-15-30-21-12-10-17(2)11-13-21/h6-13,18-19H,5,14-16H2,1-4H3,(H,26,29). The van der Waals surface area contributed by atoms with E-state index in [0.717, 1.165) is 11.3 Å². The van der Waals surface area contributed by atoms with E-state index in [1.165, 1.54) is 16.5 Å². The van der Waals surface area contributed by atoms with Gasteiger partial charge < -0.3 is 10.2 Å². The van der Waals surface area contributed by atoms with Gasteiger partial charge in [-0.3, -0.25) is 9.59 Å². The maximum atomic E-state index is 14.2. The molecular weight excluding hydrogens is 399 g/mol. The van der Waals surface area contributed by atoms with Crippen LogP contribution in [0.15, 0.2) is 53.4 Å². The molecule has 2 aromatic rings. The summed E-state index contributed by atoms with van der Waals surface area (Å²) in [5.74, 6) is -0.168. The van der Waals surface area contributed by atoms with E-state index < -0.39 is 6.04 Å². The summed E-state index contributed by atoms with van der Waals surface area (Å²) in [4.78, 5) is 28.2. The highest BCUT2D eigenvalue weighted by atomic mass is 32.2. The summed E-state index contributed by atoms with van der Waals surface area (Å²) in [6.45, 7) is 7.70. The van der Waals surface area contributed by atoms with E-state index in [1.807, 2.05) is 45.0 Å². The van der Waals surface area contributed by atoms with Gasteiger partial charge in [-0.1, -0.05) is 42.8 Å². The van der Waals surface area contributed by atoms with Crippen LogP contribution in [0.5, 0.6) is 0 Å². The molecule has 2 amide bonds. The third kappa shape index (κ3) is 7.17. The van der Waals surface area contributed by atoms with Crippen LogP contribution in [0.25, 0.3) is 0 Å². The zero-order valence-electron chi connectivity index (χ0n) is 18.2. The molecule has 2 aromatic carbocycles. The van der Waals surface area contributed by atoms with E-state index in [1.54, 1.807) is 36.9 Å². The zero-order valence-corrected chi connectivity index (χ0v) is 19.0. The molecule has 4 nitrogen and oxygen atoms in total. The lowest BCUT2D eigenvalue weighted by Gasteiger charge is -2.30. The van der Waals surface area contributed by atoms with Crippen molar-refractivity contribution in [3.05, 3.63) is 65.5 Å². The predicted octanol–water partition coefficient (Wildman–Crippen LogP) is 4.95. The lowest BCUT2D eigenvalue weighted by atomic mass is 10.1. The Labute approximate surface area is 183 Å². The molecule has 2 rings (SSSR count). The Morgan fingerprint density at radius 2 is 1.77 bits per heavy atom. The number of thioether (sulfide) groups is 1. The van der Waals surface area contributed by atoms with Gasteiger partial charge in [-0.25, -0.2) is 4.39 Å². The van der Waals surface area contributed by atoms with Crippen molar-refractivity contribution in [2.45, 2.75) is 64.1 Å². The summed E-state index contributed by atoms with van der Waals surface area (Å²) in [6.07, 6.45) is 1.07. The van der Waals surface area contributed by atoms with Gasteiger partial charge in [0.2, 0.25) is 11.8 Å². The number of hydrogen-bond donors (Lipinski definition) is 1. The lowest BCUT2D eigenvalue weighted by Crippen LogP contribution is -2.49. The van der Waals surface area contributed by atoms with Crippen molar-refractivity contribution in [3.8, 4) is 0 Å². The average Bonchev–Trinajstić information content (AvgIpc) is 2.73. The molecule has 0 aliphatic carbocycles. The highest BCUT2D eigenvalue weighted by molar-refractivity contribution is 7.99. The van der Waals surface area contributed by atoms with Crippen molar-refractivity contribution < 1.29 is 14.0 Å². The number of nitrogens with zero attached hydrogens (tertiary/aromatic N) is 1. The van der Waals surface area contributed by atoms with Crippen molar-refractivity contribution >= 4 is 23.6 Å². The number of rotatable bonds is 10. The molecule has 2 atom stereocenters. The molecule has 0 bridgehead atoms. The molecule has 2 unspecified atom stereocenters. The number of carbonyl (C=O) groups excluding carboxylic acids is 2. The second-order valence-corrected chi connectivity index (χ2v) is 8.69. The summed E-state index contributed by atoms with van der Waals surface area (Å²) >= 11 is 1.60. The van der Waals surface area contributed by atoms with E-state index in [2.05, 4.69) is 5.32 Å². The normalized spacial score (nSPS) is 12.8. The molecule has 1 N–H and O–H groups in total. The van der Waals surface area contributed by atoms with Crippen LogP contribution in [-0.4, -0.2) is 34.6 Å². The first-order valence-corrected chi connectivity index (χ1v) is 11.3. The van der Waals surface area contributed by atoms with Gasteiger partial charge in [-0.15, -0.1) is 11.8 Å². The summed E-state index contributed by atoms with van der Waals surface area (Å²) in [5.41, 5.74) is 1.59. The number of nitrogens with one attached hydrogen (secondary N) is 1. The fourth-order valence-corrected chi connectivity index (χ4v) is 3.73. The van der Waals surface area contributed by atoms with Crippen molar-refractivity contribution in [3.63, 3.8) is 0 Å². The molecule has 0 saturated carbocycles. The Balaban J connectivity index is 2.08. The molecule has 0 aliphatic heterocycles. The smallest absolute Gasteiger partial charge is 0.242 e. The summed E-state index contributed by atoms with van der Waals surface area (Å²) in [7, 11) is 0. The fraction of sp³-hybridized carbons (Fsp3) is 0.417. The van der Waals surface area contributed by atoms with Gasteiger partial charge in [0.25, 0.3) is 0 Å². The van der Waals surface area contributed by atoms with E-state index in [-0.39, 0.29) is 36.6 Å². The first kappa shape index (κ1) is 23.9. The number of amides is 2. The molecule has 6 heteroatoms. The van der Waals surface area contributed by atoms with Gasteiger partial charge >= 0.3 is 0 Å². The van der Waals surface area contributed by atoms with Crippen molar-refractivity contribution in [2.75, 3.05) is 5.75 Å². The van der Waals surface area contributed by atoms with Crippen LogP contribution in [-0.2, 0) is 16.1 Å². The molecule has 0 aromatic heterocycles. The molecule has 0 radical (unpaired) electrons. The van der Waals surface area contributed by atoms with E-state index in [4.69, 9.17) is 0 Å². The van der Waals surface area contributed by atoms with Crippen molar-refractivity contribution in [1.29, 1.82) is 0 Å². The minimum atomic E-state index is -0.685. The van der Waals surface area contributed by atoms with Gasteiger partial charge in [0.15, 0.2) is 0 Å². The van der Waals surface area contributed by atoms with E-state index >= 15 is 0 Å². The van der Waals surface area contributed by atoms with Crippen molar-refractivity contribution in [1.82, 2.24) is 10.2 Å². The summed E-state index contributed by atoms with van der Waals surface area (Å²) < 4.78 is 14.2. The second-order valence-electron chi connectivity index (χ2n) is 7.52. The molecule has 162 valence electrons. The number of aryl methyl sites for hydroxylation is 1. The third-order valence-corrected chi connectivity index (χ3v) is 6.09. The van der Waals surface area contributed by atoms with Gasteiger partial charge in [0.1, 0.15) is 11.9 Å². The number of carbonyl (C=O) groups is 2. The molecule has 0 heterocycles. The molecule has 0 aliphatic rings. The lowest BCUT2D eigenvalue weighted by molar-refractivity contribution is -0.140. The van der Waals surface area contributed by atoms with Gasteiger partial charge in [0.05, 0.1) is 0 Å². The minimum absolute atomic E-state index is 0.0162. The highest BCUT2D eigenvalue weighted by Gasteiger charge is 2.27. The largest absolute Gasteiger partial charge is 0.352 e. The van der Waals surface area contributed by atoms with Crippen LogP contribution in [0, 0.1) is 12.7 Å². The zero-order chi connectivity index (χ0) is 22.1. The number of halogens is 1. The highest BCUT2D eigenvalue weighted by Crippen LogP contribution is 2.21. The minimum Gasteiger partial charge on any atom is -0.352 e. The van der Waals surface area contributed by atoms with Crippen LogP contribution in [0.4, 0.5) is 4.39 Å². The monoisotopic (exact) mass is 430 g/mol. The van der Waals surface area contributed by atoms with Crippen molar-refractivity contribution in [2.24, 2.45) is 0 Å². The maximum absolute atomic E-state index is 14.2. The molecule has 0 fully saturated rings. The predicted molar refractivity (Wildman–Crippen MR) is 121 cm³/mol. The van der Waals surface area contributed by atoms with Gasteiger partial charge in [0, 0.05) is 35.2 Å². The Bertz CT molecular complexity index is 841. The maximum Gasteiger partial charge on any atom is 0.242 e. The Kier molecular flexibility index (Phi) is 9.37. The molecule has 0 spiro atoms. The SMILES string of the molecule is CCC(C)NC(=O)C(C)N(Cc1ccccc1F)C(=O)CCSc1ccc(C)cc1. The van der Waals surface area contributed by atoms with Gasteiger partial charge in [-0.05, 0) is 45.4 Å². The third-order valence-electron chi connectivity index (χ3n) is 5.07. The second kappa shape index (κ2) is 11.7. The average molecular weight is 431 g/mol. The van der Waals surface area contributed by atoms with Crippen LogP contribution in [0.2, 0.25) is 0 Å². The number of benzene rings is 2. The fourth-order valence-electron chi connectivity index (χ4n) is 2.89.